The highest BCUT2D eigenvalue weighted by Crippen LogP contribution is 2.04. The molecule has 0 saturated heterocycles. The summed E-state index contributed by atoms with van der Waals surface area (Å²) >= 11 is 0. The summed E-state index contributed by atoms with van der Waals surface area (Å²) in [6, 6.07) is 0.294. The van der Waals surface area contributed by atoms with E-state index in [0.29, 0.717) is 12.5 Å². The molecule has 1 atom stereocenters. The van der Waals surface area contributed by atoms with Gasteiger partial charge in [0.1, 0.15) is 0 Å². The van der Waals surface area contributed by atoms with Crippen LogP contribution in [0.15, 0.2) is 0 Å². The molecule has 0 aromatic carbocycles. The number of carbonyl (C=O) groups is 1. The second-order valence-electron chi connectivity index (χ2n) is 2.99. The molecule has 4 heteroatoms. The minimum atomic E-state index is -0.125. The van der Waals surface area contributed by atoms with E-state index < -0.39 is 0 Å². The van der Waals surface area contributed by atoms with Gasteiger partial charge in [0, 0.05) is 12.5 Å². The summed E-state index contributed by atoms with van der Waals surface area (Å²) in [7, 11) is 1.42. The van der Waals surface area contributed by atoms with Gasteiger partial charge < -0.3 is 10.5 Å². The van der Waals surface area contributed by atoms with Crippen molar-refractivity contribution < 1.29 is 9.53 Å². The maximum absolute atomic E-state index is 10.7. The van der Waals surface area contributed by atoms with Crippen LogP contribution in [0, 0.1) is 0 Å². The number of ether oxygens (including phenoxy) is 1. The zero-order valence-electron chi connectivity index (χ0n) is 8.41. The lowest BCUT2D eigenvalue weighted by molar-refractivity contribution is -0.140. The Labute approximate surface area is 86.4 Å². The molecule has 80 valence electrons. The predicted octanol–water partition coefficient (Wildman–Crippen LogP) is 1.88. The van der Waals surface area contributed by atoms with E-state index in [1.165, 1.54) is 7.11 Å². The third-order valence-corrected chi connectivity index (χ3v) is 1.96. The van der Waals surface area contributed by atoms with E-state index in [1.807, 2.05) is 0 Å². The second-order valence-corrected chi connectivity index (χ2v) is 2.99. The number of hydrogen-bond acceptors (Lipinski definition) is 3. The molecule has 2 N–H and O–H groups in total. The normalized spacial score (nSPS) is 11.6. The monoisotopic (exact) mass is 209 g/mol. The lowest BCUT2D eigenvalue weighted by atomic mass is 10.1. The molecule has 0 radical (unpaired) electrons. The van der Waals surface area contributed by atoms with Gasteiger partial charge in [-0.15, -0.1) is 12.4 Å². The Balaban J connectivity index is 0. The zero-order valence-corrected chi connectivity index (χ0v) is 9.23. The van der Waals surface area contributed by atoms with E-state index in [0.717, 1.165) is 25.7 Å². The van der Waals surface area contributed by atoms with Crippen LogP contribution in [0.5, 0.6) is 0 Å². The summed E-state index contributed by atoms with van der Waals surface area (Å²) in [6.45, 7) is 2.07. The molecule has 0 aliphatic carbocycles. The summed E-state index contributed by atoms with van der Waals surface area (Å²) in [5.74, 6) is -0.125. The van der Waals surface area contributed by atoms with Crippen molar-refractivity contribution in [2.45, 2.75) is 45.1 Å². The van der Waals surface area contributed by atoms with Crippen LogP contribution in [0.1, 0.15) is 39.0 Å². The van der Waals surface area contributed by atoms with Gasteiger partial charge in [0.15, 0.2) is 0 Å². The Hall–Kier alpha value is -0.280. The molecule has 0 saturated carbocycles. The van der Waals surface area contributed by atoms with Crippen LogP contribution in [0.25, 0.3) is 0 Å². The van der Waals surface area contributed by atoms with Crippen molar-refractivity contribution in [1.82, 2.24) is 0 Å². The molecule has 0 aromatic rings. The molecule has 3 nitrogen and oxygen atoms in total. The number of nitrogens with two attached hydrogens (primary N) is 1. The quantitative estimate of drug-likeness (QED) is 0.537. The maximum Gasteiger partial charge on any atom is 0.305 e. The fourth-order valence-corrected chi connectivity index (χ4v) is 0.982. The molecule has 0 amide bonds. The summed E-state index contributed by atoms with van der Waals surface area (Å²) in [5.41, 5.74) is 5.71. The number of esters is 1. The summed E-state index contributed by atoms with van der Waals surface area (Å²) < 4.78 is 4.51. The van der Waals surface area contributed by atoms with Crippen molar-refractivity contribution in [2.75, 3.05) is 7.11 Å². The Morgan fingerprint density at radius 2 is 2.08 bits per heavy atom. The van der Waals surface area contributed by atoms with Crippen LogP contribution in [0.3, 0.4) is 0 Å². The van der Waals surface area contributed by atoms with Crippen molar-refractivity contribution in [3.63, 3.8) is 0 Å². The topological polar surface area (TPSA) is 52.3 Å². The standard InChI is InChI=1S/C9H19NO2.ClH/c1-3-8(10)6-4-5-7-9(11)12-2;/h8H,3-7,10H2,1-2H3;1H. The minimum absolute atomic E-state index is 0. The molecule has 0 rings (SSSR count). The van der Waals surface area contributed by atoms with E-state index in [-0.39, 0.29) is 18.4 Å². The second kappa shape index (κ2) is 9.81. The Morgan fingerprint density at radius 3 is 2.54 bits per heavy atom. The summed E-state index contributed by atoms with van der Waals surface area (Å²) in [5, 5.41) is 0. The third kappa shape index (κ3) is 9.64. The van der Waals surface area contributed by atoms with E-state index in [2.05, 4.69) is 11.7 Å². The molecule has 0 bridgehead atoms. The van der Waals surface area contributed by atoms with Crippen LogP contribution >= 0.6 is 12.4 Å². The maximum atomic E-state index is 10.7. The number of carbonyl (C=O) groups excluding carboxylic acids is 1. The van der Waals surface area contributed by atoms with Crippen molar-refractivity contribution in [3.8, 4) is 0 Å². The van der Waals surface area contributed by atoms with E-state index in [1.54, 1.807) is 0 Å². The van der Waals surface area contributed by atoms with Gasteiger partial charge >= 0.3 is 5.97 Å². The van der Waals surface area contributed by atoms with Crippen LogP contribution in [0.4, 0.5) is 0 Å². The van der Waals surface area contributed by atoms with Gasteiger partial charge in [-0.25, -0.2) is 0 Å². The third-order valence-electron chi connectivity index (χ3n) is 1.96. The smallest absolute Gasteiger partial charge is 0.305 e. The molecule has 0 heterocycles. The van der Waals surface area contributed by atoms with Crippen molar-refractivity contribution >= 4 is 18.4 Å². The molecule has 1 unspecified atom stereocenters. The average Bonchev–Trinajstić information content (AvgIpc) is 2.11. The first kappa shape index (κ1) is 15.2. The van der Waals surface area contributed by atoms with Gasteiger partial charge in [-0.2, -0.15) is 0 Å². The number of methoxy groups -OCH3 is 1. The highest BCUT2D eigenvalue weighted by molar-refractivity contribution is 5.85. The van der Waals surface area contributed by atoms with Crippen LogP contribution < -0.4 is 5.73 Å². The number of hydrogen-bond donors (Lipinski definition) is 1. The molecule has 13 heavy (non-hydrogen) atoms. The highest BCUT2D eigenvalue weighted by atomic mass is 35.5. The van der Waals surface area contributed by atoms with Gasteiger partial charge in [0.25, 0.3) is 0 Å². The molecule has 0 aromatic heterocycles. The first-order valence-electron chi connectivity index (χ1n) is 4.53. The fourth-order valence-electron chi connectivity index (χ4n) is 0.982. The van der Waals surface area contributed by atoms with Gasteiger partial charge in [-0.05, 0) is 19.3 Å². The van der Waals surface area contributed by atoms with Crippen LogP contribution in [-0.4, -0.2) is 19.1 Å². The predicted molar refractivity (Wildman–Crippen MR) is 56.0 cm³/mol. The first-order valence-corrected chi connectivity index (χ1v) is 4.53. The summed E-state index contributed by atoms with van der Waals surface area (Å²) in [4.78, 5) is 10.7. The summed E-state index contributed by atoms with van der Waals surface area (Å²) in [6.07, 6.45) is 4.45. The van der Waals surface area contributed by atoms with Crippen LogP contribution in [0.2, 0.25) is 0 Å². The number of halogens is 1. The molecule has 0 spiro atoms. The van der Waals surface area contributed by atoms with Crippen molar-refractivity contribution in [1.29, 1.82) is 0 Å². The van der Waals surface area contributed by atoms with Gasteiger partial charge in [0.2, 0.25) is 0 Å². The van der Waals surface area contributed by atoms with Crippen molar-refractivity contribution in [2.24, 2.45) is 5.73 Å². The van der Waals surface area contributed by atoms with Gasteiger partial charge in [0.05, 0.1) is 7.11 Å². The van der Waals surface area contributed by atoms with Crippen molar-refractivity contribution in [3.05, 3.63) is 0 Å². The molecule has 0 fully saturated rings. The minimum Gasteiger partial charge on any atom is -0.469 e. The average molecular weight is 210 g/mol. The Morgan fingerprint density at radius 1 is 1.46 bits per heavy atom. The first-order chi connectivity index (χ1) is 5.70. The van der Waals surface area contributed by atoms with E-state index in [4.69, 9.17) is 5.73 Å². The number of unbranched alkanes of at least 4 members (excludes halogenated alkanes) is 1. The molecule has 0 aliphatic heterocycles. The zero-order chi connectivity index (χ0) is 9.40. The molecular formula is C9H20ClNO2. The van der Waals surface area contributed by atoms with Gasteiger partial charge in [-0.1, -0.05) is 13.3 Å². The van der Waals surface area contributed by atoms with Gasteiger partial charge in [-0.3, -0.25) is 4.79 Å². The Kier molecular flexibility index (Phi) is 11.5. The molecule has 0 aliphatic rings. The van der Waals surface area contributed by atoms with E-state index >= 15 is 0 Å². The lowest BCUT2D eigenvalue weighted by Crippen LogP contribution is -2.18. The SMILES string of the molecule is CCC(N)CCCCC(=O)OC.Cl. The Bertz CT molecular complexity index is 131. The molecular weight excluding hydrogens is 190 g/mol. The largest absolute Gasteiger partial charge is 0.469 e. The fraction of sp³-hybridized carbons (Fsp3) is 0.889. The lowest BCUT2D eigenvalue weighted by Gasteiger charge is -2.06. The highest BCUT2D eigenvalue weighted by Gasteiger charge is 2.01. The number of rotatable bonds is 6. The van der Waals surface area contributed by atoms with E-state index in [9.17, 15) is 4.79 Å². The van der Waals surface area contributed by atoms with Crippen LogP contribution in [-0.2, 0) is 9.53 Å².